The molecule has 0 bridgehead atoms. The molecule has 0 aliphatic heterocycles. The van der Waals surface area contributed by atoms with Crippen molar-refractivity contribution in [3.8, 4) is 11.5 Å². The zero-order chi connectivity index (χ0) is 17.0. The Hall–Kier alpha value is -1.18. The van der Waals surface area contributed by atoms with Crippen LogP contribution in [0.3, 0.4) is 0 Å². The zero-order valence-electron chi connectivity index (χ0n) is 15.3. The van der Waals surface area contributed by atoms with Crippen LogP contribution < -0.4 is 0 Å². The minimum absolute atomic E-state index is 0.00510. The first-order chi connectivity index (χ1) is 10.0. The standard InChI is InChI=1S/C12H16O2.C3H8.2C2H6/c1-7-5-9-3-4-11(13)12(14)10(9)6-8(7)2;1-3-2;2*1-2/h3-4,7-8,13-14H,5-6H2,1-2H3;3H2,1-2H3;2*1-2H3/t7?,8-;;;/m1.../s1. The van der Waals surface area contributed by atoms with Gasteiger partial charge in [0.1, 0.15) is 0 Å². The molecule has 1 aromatic rings. The van der Waals surface area contributed by atoms with Crippen LogP contribution in [0.1, 0.15) is 72.9 Å². The van der Waals surface area contributed by atoms with Gasteiger partial charge in [0.05, 0.1) is 0 Å². The monoisotopic (exact) mass is 296 g/mol. The molecule has 0 heterocycles. The van der Waals surface area contributed by atoms with E-state index in [0.29, 0.717) is 11.8 Å². The second-order valence-electron chi connectivity index (χ2n) is 5.14. The topological polar surface area (TPSA) is 40.5 Å². The van der Waals surface area contributed by atoms with E-state index in [2.05, 4.69) is 27.7 Å². The average molecular weight is 296 g/mol. The fourth-order valence-corrected chi connectivity index (χ4v) is 2.16. The molecule has 124 valence electrons. The first kappa shape index (κ1) is 22.1. The van der Waals surface area contributed by atoms with E-state index < -0.39 is 0 Å². The lowest BCUT2D eigenvalue weighted by Gasteiger charge is -2.28. The molecule has 1 unspecified atom stereocenters. The first-order valence-electron chi connectivity index (χ1n) is 8.53. The van der Waals surface area contributed by atoms with Crippen LogP contribution in [0.4, 0.5) is 0 Å². The maximum atomic E-state index is 9.70. The number of hydrogen-bond acceptors (Lipinski definition) is 2. The number of phenols is 2. The summed E-state index contributed by atoms with van der Waals surface area (Å²) in [5.41, 5.74) is 2.13. The Morgan fingerprint density at radius 2 is 1.33 bits per heavy atom. The molecular weight excluding hydrogens is 260 g/mol. The van der Waals surface area contributed by atoms with E-state index >= 15 is 0 Å². The summed E-state index contributed by atoms with van der Waals surface area (Å²) in [4.78, 5) is 0. The molecule has 0 fully saturated rings. The molecule has 0 saturated carbocycles. The lowest BCUT2D eigenvalue weighted by atomic mass is 9.77. The smallest absolute Gasteiger partial charge is 0.160 e. The molecule has 2 atom stereocenters. The highest BCUT2D eigenvalue weighted by atomic mass is 16.3. The van der Waals surface area contributed by atoms with Gasteiger partial charge in [-0.3, -0.25) is 0 Å². The van der Waals surface area contributed by atoms with Gasteiger partial charge in [-0.2, -0.15) is 0 Å². The largest absolute Gasteiger partial charge is 0.504 e. The molecule has 1 aliphatic carbocycles. The van der Waals surface area contributed by atoms with Crippen LogP contribution in [-0.4, -0.2) is 10.2 Å². The van der Waals surface area contributed by atoms with Crippen molar-refractivity contribution in [1.29, 1.82) is 0 Å². The van der Waals surface area contributed by atoms with Gasteiger partial charge < -0.3 is 10.2 Å². The predicted octanol–water partition coefficient (Wildman–Crippen LogP) is 5.94. The van der Waals surface area contributed by atoms with Crippen molar-refractivity contribution in [3.63, 3.8) is 0 Å². The molecule has 2 rings (SSSR count). The van der Waals surface area contributed by atoms with Crippen molar-refractivity contribution in [2.24, 2.45) is 11.8 Å². The molecule has 0 radical (unpaired) electrons. The number of fused-ring (bicyclic) bond motifs is 1. The summed E-state index contributed by atoms with van der Waals surface area (Å²) in [5, 5.41) is 19.1. The van der Waals surface area contributed by atoms with Crippen LogP contribution in [0.25, 0.3) is 0 Å². The number of rotatable bonds is 0. The van der Waals surface area contributed by atoms with Crippen LogP contribution in [-0.2, 0) is 12.8 Å². The summed E-state index contributed by atoms with van der Waals surface area (Å²) in [6.45, 7) is 16.7. The quantitative estimate of drug-likeness (QED) is 0.582. The van der Waals surface area contributed by atoms with E-state index in [-0.39, 0.29) is 11.5 Å². The maximum absolute atomic E-state index is 9.70. The number of benzene rings is 1. The summed E-state index contributed by atoms with van der Waals surface area (Å²) in [6, 6.07) is 3.50. The molecule has 0 amide bonds. The molecule has 0 saturated heterocycles. The van der Waals surface area contributed by atoms with Gasteiger partial charge in [-0.25, -0.2) is 0 Å². The third kappa shape index (κ3) is 6.88. The lowest BCUT2D eigenvalue weighted by Crippen LogP contribution is -2.20. The Labute approximate surface area is 132 Å². The fourth-order valence-electron chi connectivity index (χ4n) is 2.16. The van der Waals surface area contributed by atoms with Crippen LogP contribution in [0.5, 0.6) is 11.5 Å². The van der Waals surface area contributed by atoms with Gasteiger partial charge in [0.15, 0.2) is 11.5 Å². The van der Waals surface area contributed by atoms with Crippen LogP contribution in [0.15, 0.2) is 12.1 Å². The van der Waals surface area contributed by atoms with Crippen molar-refractivity contribution < 1.29 is 10.2 Å². The molecular formula is C19H36O2. The summed E-state index contributed by atoms with van der Waals surface area (Å²) in [6.07, 6.45) is 3.13. The second-order valence-corrected chi connectivity index (χ2v) is 5.14. The Morgan fingerprint density at radius 1 is 0.905 bits per heavy atom. The molecule has 2 nitrogen and oxygen atoms in total. The Morgan fingerprint density at radius 3 is 1.81 bits per heavy atom. The average Bonchev–Trinajstić information content (AvgIpc) is 2.50. The normalized spacial score (nSPS) is 18.7. The van der Waals surface area contributed by atoms with E-state index in [4.69, 9.17) is 0 Å². The van der Waals surface area contributed by atoms with E-state index in [9.17, 15) is 10.2 Å². The van der Waals surface area contributed by atoms with Gasteiger partial charge in [0.25, 0.3) is 0 Å². The highest BCUT2D eigenvalue weighted by Gasteiger charge is 2.24. The van der Waals surface area contributed by atoms with Crippen molar-refractivity contribution in [3.05, 3.63) is 23.3 Å². The molecule has 2 heteroatoms. The van der Waals surface area contributed by atoms with Gasteiger partial charge in [-0.05, 0) is 36.3 Å². The Bertz CT molecular complexity index is 372. The molecule has 0 aromatic heterocycles. The van der Waals surface area contributed by atoms with Crippen molar-refractivity contribution in [1.82, 2.24) is 0 Å². The van der Waals surface area contributed by atoms with Crippen molar-refractivity contribution >= 4 is 0 Å². The lowest BCUT2D eigenvalue weighted by molar-refractivity contribution is 0.342. The fraction of sp³-hybridized carbons (Fsp3) is 0.684. The molecule has 2 N–H and O–H groups in total. The van der Waals surface area contributed by atoms with Crippen molar-refractivity contribution in [2.45, 2.75) is 74.7 Å². The first-order valence-corrected chi connectivity index (χ1v) is 8.53. The second kappa shape index (κ2) is 12.6. The van der Waals surface area contributed by atoms with Gasteiger partial charge >= 0.3 is 0 Å². The SMILES string of the molecule is CC.CC.CC1Cc2ccc(O)c(O)c2C[C@H]1C.CCC. The van der Waals surface area contributed by atoms with E-state index in [1.165, 1.54) is 12.0 Å². The molecule has 1 aliphatic rings. The highest BCUT2D eigenvalue weighted by Crippen LogP contribution is 2.39. The van der Waals surface area contributed by atoms with Crippen molar-refractivity contribution in [2.75, 3.05) is 0 Å². The maximum Gasteiger partial charge on any atom is 0.160 e. The Kier molecular flexibility index (Phi) is 13.2. The van der Waals surface area contributed by atoms with Gasteiger partial charge in [-0.1, -0.05) is 67.9 Å². The minimum Gasteiger partial charge on any atom is -0.504 e. The molecule has 0 spiro atoms. The number of hydrogen-bond donors (Lipinski definition) is 2. The highest BCUT2D eigenvalue weighted by molar-refractivity contribution is 5.50. The number of aromatic hydroxyl groups is 2. The summed E-state index contributed by atoms with van der Waals surface area (Å²) >= 11 is 0. The summed E-state index contributed by atoms with van der Waals surface area (Å²) in [5.74, 6) is 1.33. The van der Waals surface area contributed by atoms with E-state index in [1.807, 2.05) is 33.8 Å². The van der Waals surface area contributed by atoms with E-state index in [1.54, 1.807) is 6.07 Å². The minimum atomic E-state index is 0.00510. The van der Waals surface area contributed by atoms with Gasteiger partial charge in [-0.15, -0.1) is 0 Å². The molecule has 1 aromatic carbocycles. The zero-order valence-corrected chi connectivity index (χ0v) is 15.3. The van der Waals surface area contributed by atoms with Gasteiger partial charge in [0.2, 0.25) is 0 Å². The summed E-state index contributed by atoms with van der Waals surface area (Å²) in [7, 11) is 0. The Balaban J connectivity index is 0. The van der Waals surface area contributed by atoms with E-state index in [0.717, 1.165) is 18.4 Å². The van der Waals surface area contributed by atoms with Crippen LogP contribution in [0.2, 0.25) is 0 Å². The van der Waals surface area contributed by atoms with Gasteiger partial charge in [0, 0.05) is 5.56 Å². The molecule has 21 heavy (non-hydrogen) atoms. The third-order valence-corrected chi connectivity index (χ3v) is 3.40. The van der Waals surface area contributed by atoms with Crippen LogP contribution in [0, 0.1) is 11.8 Å². The predicted molar refractivity (Wildman–Crippen MR) is 94.2 cm³/mol. The van der Waals surface area contributed by atoms with Crippen LogP contribution >= 0.6 is 0 Å². The summed E-state index contributed by atoms with van der Waals surface area (Å²) < 4.78 is 0. The third-order valence-electron chi connectivity index (χ3n) is 3.40. The number of phenolic OH excluding ortho intramolecular Hbond substituents is 2.